The van der Waals surface area contributed by atoms with Crippen molar-refractivity contribution in [2.45, 2.75) is 43.2 Å². The van der Waals surface area contributed by atoms with Crippen LogP contribution >= 0.6 is 0 Å². The quantitative estimate of drug-likeness (QED) is 0.594. The Morgan fingerprint density at radius 3 is 2.50 bits per heavy atom. The zero-order chi connectivity index (χ0) is 12.3. The van der Waals surface area contributed by atoms with Crippen LogP contribution in [0.5, 0.6) is 0 Å². The summed E-state index contributed by atoms with van der Waals surface area (Å²) in [4.78, 5) is 0. The van der Waals surface area contributed by atoms with Crippen LogP contribution in [0.3, 0.4) is 0 Å². The molecule has 1 spiro atoms. The van der Waals surface area contributed by atoms with Gasteiger partial charge in [-0.3, -0.25) is 0 Å². The molecule has 6 atom stereocenters. The summed E-state index contributed by atoms with van der Waals surface area (Å²) in [5, 5.41) is 19.8. The summed E-state index contributed by atoms with van der Waals surface area (Å²) >= 11 is 0. The van der Waals surface area contributed by atoms with Crippen molar-refractivity contribution < 1.29 is 29.2 Å². The second-order valence-electron chi connectivity index (χ2n) is 5.63. The lowest BCUT2D eigenvalue weighted by Gasteiger charge is -2.50. The van der Waals surface area contributed by atoms with Crippen LogP contribution in [0.2, 0.25) is 0 Å². The minimum Gasteiger partial charge on any atom is -0.390 e. The molecule has 0 amide bonds. The van der Waals surface area contributed by atoms with Crippen molar-refractivity contribution in [3.63, 3.8) is 0 Å². The number of aliphatic hydroxyl groups excluding tert-OH is 2. The molecule has 102 valence electrons. The maximum Gasteiger partial charge on any atom is 0.224 e. The molecule has 3 heterocycles. The van der Waals surface area contributed by atoms with E-state index >= 15 is 0 Å². The number of aliphatic hydroxyl groups is 2. The Morgan fingerprint density at radius 1 is 1.00 bits per heavy atom. The highest BCUT2D eigenvalue weighted by molar-refractivity contribution is 5.04. The predicted molar refractivity (Wildman–Crippen MR) is 57.5 cm³/mol. The van der Waals surface area contributed by atoms with Gasteiger partial charge in [-0.2, -0.15) is 0 Å². The molecule has 6 nitrogen and oxygen atoms in total. The zero-order valence-electron chi connectivity index (χ0n) is 10.0. The normalized spacial score (nSPS) is 53.7. The molecule has 3 saturated heterocycles. The highest BCUT2D eigenvalue weighted by atomic mass is 16.8. The largest absolute Gasteiger partial charge is 0.390 e. The van der Waals surface area contributed by atoms with E-state index in [1.165, 1.54) is 0 Å². The zero-order valence-corrected chi connectivity index (χ0v) is 10.0. The van der Waals surface area contributed by atoms with E-state index in [2.05, 4.69) is 0 Å². The number of fused-ring (bicyclic) bond motifs is 6. The molecule has 0 aromatic rings. The minimum absolute atomic E-state index is 0.0134. The first-order valence-corrected chi connectivity index (χ1v) is 6.62. The summed E-state index contributed by atoms with van der Waals surface area (Å²) in [5.74, 6) is -0.719. The van der Waals surface area contributed by atoms with Gasteiger partial charge in [-0.25, -0.2) is 0 Å². The lowest BCUT2D eigenvalue weighted by atomic mass is 9.69. The molecule has 4 rings (SSSR count). The van der Waals surface area contributed by atoms with Gasteiger partial charge in [0.05, 0.1) is 38.1 Å². The molecule has 0 aromatic carbocycles. The van der Waals surface area contributed by atoms with E-state index in [0.29, 0.717) is 32.7 Å². The third kappa shape index (κ3) is 1.39. The Bertz CT molecular complexity index is 341. The molecule has 3 aliphatic heterocycles. The van der Waals surface area contributed by atoms with Gasteiger partial charge in [0.25, 0.3) is 0 Å². The van der Waals surface area contributed by atoms with Crippen molar-refractivity contribution in [2.24, 2.45) is 11.8 Å². The van der Waals surface area contributed by atoms with E-state index in [0.717, 1.165) is 0 Å². The Hall–Kier alpha value is -0.240. The van der Waals surface area contributed by atoms with Crippen molar-refractivity contribution in [3.05, 3.63) is 0 Å². The fourth-order valence-corrected chi connectivity index (χ4v) is 3.89. The highest BCUT2D eigenvalue weighted by Gasteiger charge is 2.65. The third-order valence-corrected chi connectivity index (χ3v) is 4.74. The fourth-order valence-electron chi connectivity index (χ4n) is 3.89. The summed E-state index contributed by atoms with van der Waals surface area (Å²) in [6, 6.07) is 0. The Kier molecular flexibility index (Phi) is 2.49. The second kappa shape index (κ2) is 3.88. The first-order chi connectivity index (χ1) is 8.71. The van der Waals surface area contributed by atoms with Crippen molar-refractivity contribution in [1.29, 1.82) is 0 Å². The van der Waals surface area contributed by atoms with Crippen LogP contribution in [-0.2, 0) is 18.9 Å². The van der Waals surface area contributed by atoms with Crippen molar-refractivity contribution >= 4 is 0 Å². The number of ether oxygens (including phenoxy) is 4. The second-order valence-corrected chi connectivity index (χ2v) is 5.63. The lowest BCUT2D eigenvalue weighted by Crippen LogP contribution is -2.61. The molecule has 1 saturated carbocycles. The Labute approximate surface area is 105 Å². The van der Waals surface area contributed by atoms with Gasteiger partial charge in [0, 0.05) is 5.92 Å². The average molecular weight is 258 g/mol. The van der Waals surface area contributed by atoms with Crippen molar-refractivity contribution in [2.75, 3.05) is 19.8 Å². The highest BCUT2D eigenvalue weighted by Crippen LogP contribution is 2.52. The number of hydrogen-bond acceptors (Lipinski definition) is 6. The summed E-state index contributed by atoms with van der Waals surface area (Å²) in [5.41, 5.74) is 0. The van der Waals surface area contributed by atoms with Gasteiger partial charge in [0.15, 0.2) is 0 Å². The predicted octanol–water partition coefficient (Wildman–Crippen LogP) is -0.767. The maximum absolute atomic E-state index is 9.91. The molecule has 0 aromatic heterocycles. The van der Waals surface area contributed by atoms with Gasteiger partial charge in [-0.15, -0.1) is 0 Å². The van der Waals surface area contributed by atoms with Crippen LogP contribution in [0.25, 0.3) is 0 Å². The van der Waals surface area contributed by atoms with Gasteiger partial charge in [0.1, 0.15) is 0 Å². The molecule has 4 fully saturated rings. The smallest absolute Gasteiger partial charge is 0.224 e. The summed E-state index contributed by atoms with van der Waals surface area (Å²) in [6.45, 7) is 1.56. The molecule has 2 bridgehead atoms. The van der Waals surface area contributed by atoms with Gasteiger partial charge in [0.2, 0.25) is 12.1 Å². The van der Waals surface area contributed by atoms with E-state index < -0.39 is 24.3 Å². The van der Waals surface area contributed by atoms with Crippen LogP contribution < -0.4 is 0 Å². The van der Waals surface area contributed by atoms with E-state index in [-0.39, 0.29) is 17.9 Å². The van der Waals surface area contributed by atoms with Gasteiger partial charge < -0.3 is 29.2 Å². The lowest BCUT2D eigenvalue weighted by molar-refractivity contribution is -0.350. The standard InChI is InChI=1S/C12H18O6/c13-8-3-6-7(4-9(8)14)12(16-1-2-17-12)11-15-5-10(6)18-11/h6-11,13-14H,1-5H2/t6-,7+,8-,9+,10+,11+/m0/s1. The molecule has 0 radical (unpaired) electrons. The first kappa shape index (κ1) is 11.6. The average Bonchev–Trinajstić information content (AvgIpc) is 2.97. The Balaban J connectivity index is 1.70. The van der Waals surface area contributed by atoms with Crippen LogP contribution in [-0.4, -0.2) is 60.4 Å². The van der Waals surface area contributed by atoms with Crippen LogP contribution in [0, 0.1) is 11.8 Å². The molecule has 18 heavy (non-hydrogen) atoms. The molecular formula is C12H18O6. The Morgan fingerprint density at radius 2 is 1.72 bits per heavy atom. The molecule has 2 N–H and O–H groups in total. The van der Waals surface area contributed by atoms with Crippen molar-refractivity contribution in [3.8, 4) is 0 Å². The molecule has 6 heteroatoms. The van der Waals surface area contributed by atoms with E-state index in [1.807, 2.05) is 0 Å². The minimum atomic E-state index is -0.876. The van der Waals surface area contributed by atoms with Crippen LogP contribution in [0.1, 0.15) is 12.8 Å². The van der Waals surface area contributed by atoms with E-state index in [4.69, 9.17) is 18.9 Å². The van der Waals surface area contributed by atoms with Crippen molar-refractivity contribution in [1.82, 2.24) is 0 Å². The molecule has 4 aliphatic rings. The van der Waals surface area contributed by atoms with Gasteiger partial charge >= 0.3 is 0 Å². The monoisotopic (exact) mass is 258 g/mol. The van der Waals surface area contributed by atoms with Crippen LogP contribution in [0.15, 0.2) is 0 Å². The summed E-state index contributed by atoms with van der Waals surface area (Å²) in [6.07, 6.45) is -0.916. The third-order valence-electron chi connectivity index (χ3n) is 4.74. The SMILES string of the molecule is O[C@@H]1C[C@@H]2[C@H](C[C@@H]1O)[C@H]1CO[C@H](O1)C21OCCO1. The van der Waals surface area contributed by atoms with Crippen LogP contribution in [0.4, 0.5) is 0 Å². The van der Waals surface area contributed by atoms with Gasteiger partial charge in [-0.05, 0) is 18.8 Å². The molecule has 1 aliphatic carbocycles. The number of rotatable bonds is 0. The fraction of sp³-hybridized carbons (Fsp3) is 1.00. The maximum atomic E-state index is 9.91. The molecule has 0 unspecified atom stereocenters. The van der Waals surface area contributed by atoms with E-state index in [1.54, 1.807) is 0 Å². The first-order valence-electron chi connectivity index (χ1n) is 6.62. The summed E-state index contributed by atoms with van der Waals surface area (Å²) in [7, 11) is 0. The number of hydrogen-bond donors (Lipinski definition) is 2. The summed E-state index contributed by atoms with van der Waals surface area (Å²) < 4.78 is 23.1. The van der Waals surface area contributed by atoms with E-state index in [9.17, 15) is 10.2 Å². The molecular weight excluding hydrogens is 240 g/mol. The van der Waals surface area contributed by atoms with Gasteiger partial charge in [-0.1, -0.05) is 0 Å². The topological polar surface area (TPSA) is 77.4 Å².